The molecule has 0 spiro atoms. The third kappa shape index (κ3) is 2.36. The van der Waals surface area contributed by atoms with E-state index in [-0.39, 0.29) is 11.6 Å². The molecule has 2 N–H and O–H groups in total. The molecular formula is C16H16FNO. The Bertz CT molecular complexity index is 619. The molecule has 0 aliphatic carbocycles. The van der Waals surface area contributed by atoms with Gasteiger partial charge in [-0.1, -0.05) is 12.1 Å². The van der Waals surface area contributed by atoms with Crippen molar-refractivity contribution in [2.24, 2.45) is 0 Å². The molecule has 0 aliphatic rings. The molecule has 0 radical (unpaired) electrons. The maximum atomic E-state index is 13.6. The molecule has 0 heterocycles. The van der Waals surface area contributed by atoms with Gasteiger partial charge >= 0.3 is 0 Å². The molecule has 98 valence electrons. The van der Waals surface area contributed by atoms with Crippen LogP contribution in [0.2, 0.25) is 0 Å². The molecule has 0 aromatic heterocycles. The number of hydrogen-bond donors (Lipinski definition) is 1. The van der Waals surface area contributed by atoms with E-state index in [1.807, 2.05) is 19.1 Å². The van der Waals surface area contributed by atoms with Gasteiger partial charge in [-0.05, 0) is 55.7 Å². The van der Waals surface area contributed by atoms with Crippen LogP contribution in [-0.2, 0) is 0 Å². The van der Waals surface area contributed by atoms with E-state index >= 15 is 0 Å². The van der Waals surface area contributed by atoms with Crippen molar-refractivity contribution in [1.82, 2.24) is 0 Å². The normalized spacial score (nSPS) is 10.5. The molecule has 2 rings (SSSR count). The van der Waals surface area contributed by atoms with Gasteiger partial charge in [0, 0.05) is 16.8 Å². The standard InChI is InChI=1S/C16H16FNO/c1-9-5-4-6-13(18)14(9)16(19)12-7-10(2)15(17)11(3)8-12/h4-8H,18H2,1-3H3. The highest BCUT2D eigenvalue weighted by Gasteiger charge is 2.16. The Balaban J connectivity index is 2.57. The molecule has 2 nitrogen and oxygen atoms in total. The highest BCUT2D eigenvalue weighted by molar-refractivity contribution is 6.13. The van der Waals surface area contributed by atoms with E-state index in [9.17, 15) is 9.18 Å². The zero-order chi connectivity index (χ0) is 14.2. The minimum atomic E-state index is -0.269. The second kappa shape index (κ2) is 4.84. The minimum absolute atomic E-state index is 0.165. The van der Waals surface area contributed by atoms with Crippen LogP contribution in [0.5, 0.6) is 0 Å². The van der Waals surface area contributed by atoms with Crippen molar-refractivity contribution in [3.05, 3.63) is 64.0 Å². The van der Waals surface area contributed by atoms with Crippen molar-refractivity contribution in [3.8, 4) is 0 Å². The lowest BCUT2D eigenvalue weighted by Gasteiger charge is -2.10. The van der Waals surface area contributed by atoms with Crippen molar-refractivity contribution in [2.45, 2.75) is 20.8 Å². The van der Waals surface area contributed by atoms with Gasteiger partial charge in [-0.25, -0.2) is 4.39 Å². The molecular weight excluding hydrogens is 241 g/mol. The number of anilines is 1. The first-order valence-corrected chi connectivity index (χ1v) is 6.08. The van der Waals surface area contributed by atoms with E-state index in [0.29, 0.717) is 27.9 Å². The van der Waals surface area contributed by atoms with Crippen LogP contribution in [0.4, 0.5) is 10.1 Å². The van der Waals surface area contributed by atoms with Crippen LogP contribution in [0, 0.1) is 26.6 Å². The van der Waals surface area contributed by atoms with Gasteiger partial charge in [0.15, 0.2) is 5.78 Å². The van der Waals surface area contributed by atoms with E-state index in [1.54, 1.807) is 32.0 Å². The third-order valence-electron chi connectivity index (χ3n) is 3.23. The summed E-state index contributed by atoms with van der Waals surface area (Å²) < 4.78 is 13.6. The molecule has 19 heavy (non-hydrogen) atoms. The average molecular weight is 257 g/mol. The van der Waals surface area contributed by atoms with E-state index in [4.69, 9.17) is 5.73 Å². The van der Waals surface area contributed by atoms with Crippen LogP contribution < -0.4 is 5.73 Å². The van der Waals surface area contributed by atoms with Gasteiger partial charge in [0.05, 0.1) is 0 Å². The number of halogens is 1. The number of ketones is 1. The Morgan fingerprint density at radius 1 is 1.05 bits per heavy atom. The summed E-state index contributed by atoms with van der Waals surface area (Å²) in [6, 6.07) is 8.48. The molecule has 0 aliphatic heterocycles. The summed E-state index contributed by atoms with van der Waals surface area (Å²) in [5, 5.41) is 0. The fourth-order valence-electron chi connectivity index (χ4n) is 2.22. The van der Waals surface area contributed by atoms with Crippen LogP contribution in [0.1, 0.15) is 32.6 Å². The van der Waals surface area contributed by atoms with Crippen LogP contribution >= 0.6 is 0 Å². The van der Waals surface area contributed by atoms with E-state index < -0.39 is 0 Å². The molecule has 0 amide bonds. The molecule has 0 atom stereocenters. The predicted octanol–water partition coefficient (Wildman–Crippen LogP) is 3.56. The monoisotopic (exact) mass is 257 g/mol. The number of benzene rings is 2. The van der Waals surface area contributed by atoms with Crippen LogP contribution in [0.25, 0.3) is 0 Å². The Morgan fingerprint density at radius 2 is 1.63 bits per heavy atom. The Morgan fingerprint density at radius 3 is 2.16 bits per heavy atom. The molecule has 0 saturated heterocycles. The maximum Gasteiger partial charge on any atom is 0.195 e. The van der Waals surface area contributed by atoms with Crippen LogP contribution in [0.3, 0.4) is 0 Å². The number of nitrogen functional groups attached to an aromatic ring is 1. The summed E-state index contributed by atoms with van der Waals surface area (Å²) in [7, 11) is 0. The topological polar surface area (TPSA) is 43.1 Å². The minimum Gasteiger partial charge on any atom is -0.398 e. The lowest BCUT2D eigenvalue weighted by atomic mass is 9.95. The molecule has 0 bridgehead atoms. The Hall–Kier alpha value is -2.16. The lowest BCUT2D eigenvalue weighted by molar-refractivity contribution is 0.103. The summed E-state index contributed by atoms with van der Waals surface area (Å²) in [6.07, 6.45) is 0. The van der Waals surface area contributed by atoms with Gasteiger partial charge in [0.2, 0.25) is 0 Å². The number of rotatable bonds is 2. The smallest absolute Gasteiger partial charge is 0.195 e. The first-order valence-electron chi connectivity index (χ1n) is 6.08. The first-order chi connectivity index (χ1) is 8.91. The second-order valence-corrected chi connectivity index (χ2v) is 4.79. The summed E-state index contributed by atoms with van der Waals surface area (Å²) in [5.74, 6) is -0.434. The van der Waals surface area contributed by atoms with Gasteiger partial charge in [-0.2, -0.15) is 0 Å². The van der Waals surface area contributed by atoms with Gasteiger partial charge in [-0.15, -0.1) is 0 Å². The lowest BCUT2D eigenvalue weighted by Crippen LogP contribution is -2.09. The zero-order valence-electron chi connectivity index (χ0n) is 11.3. The average Bonchev–Trinajstić information content (AvgIpc) is 2.35. The number of aryl methyl sites for hydroxylation is 3. The highest BCUT2D eigenvalue weighted by atomic mass is 19.1. The fourth-order valence-corrected chi connectivity index (χ4v) is 2.22. The number of carbonyl (C=O) groups excluding carboxylic acids is 1. The second-order valence-electron chi connectivity index (χ2n) is 4.79. The van der Waals surface area contributed by atoms with Crippen molar-refractivity contribution in [3.63, 3.8) is 0 Å². The summed E-state index contributed by atoms with van der Waals surface area (Å²) in [4.78, 5) is 12.5. The maximum absolute atomic E-state index is 13.6. The number of carbonyl (C=O) groups is 1. The molecule has 2 aromatic rings. The van der Waals surface area contributed by atoms with Gasteiger partial charge in [0.1, 0.15) is 5.82 Å². The molecule has 3 heteroatoms. The van der Waals surface area contributed by atoms with Crippen molar-refractivity contribution in [1.29, 1.82) is 0 Å². The summed E-state index contributed by atoms with van der Waals surface area (Å²) in [5.41, 5.74) is 9.04. The molecule has 0 unspecified atom stereocenters. The Labute approximate surface area is 112 Å². The van der Waals surface area contributed by atoms with E-state index in [0.717, 1.165) is 5.56 Å². The van der Waals surface area contributed by atoms with Crippen LogP contribution in [-0.4, -0.2) is 5.78 Å². The Kier molecular flexibility index (Phi) is 3.38. The fraction of sp³-hybridized carbons (Fsp3) is 0.188. The van der Waals surface area contributed by atoms with Crippen LogP contribution in [0.15, 0.2) is 30.3 Å². The molecule has 2 aromatic carbocycles. The zero-order valence-corrected chi connectivity index (χ0v) is 11.3. The number of hydrogen-bond acceptors (Lipinski definition) is 2. The van der Waals surface area contributed by atoms with Gasteiger partial charge in [0.25, 0.3) is 0 Å². The van der Waals surface area contributed by atoms with E-state index in [2.05, 4.69) is 0 Å². The summed E-state index contributed by atoms with van der Waals surface area (Å²) in [6.45, 7) is 5.15. The first kappa shape index (κ1) is 13.3. The third-order valence-corrected chi connectivity index (χ3v) is 3.23. The van der Waals surface area contributed by atoms with Crippen molar-refractivity contribution < 1.29 is 9.18 Å². The summed E-state index contributed by atoms with van der Waals surface area (Å²) >= 11 is 0. The van der Waals surface area contributed by atoms with E-state index in [1.165, 1.54) is 0 Å². The van der Waals surface area contributed by atoms with Gasteiger partial charge in [-0.3, -0.25) is 4.79 Å². The largest absolute Gasteiger partial charge is 0.398 e. The SMILES string of the molecule is Cc1cc(C(=O)c2c(C)cccc2N)cc(C)c1F. The van der Waals surface area contributed by atoms with Crippen molar-refractivity contribution >= 4 is 11.5 Å². The van der Waals surface area contributed by atoms with Gasteiger partial charge < -0.3 is 5.73 Å². The number of nitrogens with two attached hydrogens (primary N) is 1. The highest BCUT2D eigenvalue weighted by Crippen LogP contribution is 2.23. The predicted molar refractivity (Wildman–Crippen MR) is 74.9 cm³/mol. The molecule has 0 saturated carbocycles. The quantitative estimate of drug-likeness (QED) is 0.660. The molecule has 0 fully saturated rings. The van der Waals surface area contributed by atoms with Crippen molar-refractivity contribution in [2.75, 3.05) is 5.73 Å².